The van der Waals surface area contributed by atoms with Crippen molar-refractivity contribution in [1.29, 1.82) is 0 Å². The number of hydrogen-bond acceptors (Lipinski definition) is 1. The van der Waals surface area contributed by atoms with Gasteiger partial charge in [-0.2, -0.15) is 0 Å². The highest BCUT2D eigenvalue weighted by Gasteiger charge is 1.80. The Morgan fingerprint density at radius 2 is 2.09 bits per heavy atom. The van der Waals surface area contributed by atoms with Crippen molar-refractivity contribution in [3.05, 3.63) is 49.1 Å². The minimum Gasteiger partial charge on any atom is -0.299 e. The first-order chi connectivity index (χ1) is 5.35. The molecular formula is C10H12O. The zero-order chi connectivity index (χ0) is 8.53. The monoisotopic (exact) mass is 148 g/mol. The summed E-state index contributed by atoms with van der Waals surface area (Å²) in [5, 5.41) is 0. The Morgan fingerprint density at radius 1 is 1.36 bits per heavy atom. The van der Waals surface area contributed by atoms with E-state index in [-0.39, 0.29) is 0 Å². The normalized spacial score (nSPS) is 11.5. The van der Waals surface area contributed by atoms with E-state index >= 15 is 0 Å². The molecule has 0 aromatic rings. The molecule has 0 heterocycles. The van der Waals surface area contributed by atoms with Crippen molar-refractivity contribution in [2.75, 3.05) is 0 Å². The van der Waals surface area contributed by atoms with Crippen LogP contribution in [0.5, 0.6) is 0 Å². The van der Waals surface area contributed by atoms with Gasteiger partial charge in [-0.15, -0.1) is 6.58 Å². The zero-order valence-corrected chi connectivity index (χ0v) is 6.49. The first kappa shape index (κ1) is 9.63. The van der Waals surface area contributed by atoms with Gasteiger partial charge in [0.25, 0.3) is 0 Å². The lowest BCUT2D eigenvalue weighted by molar-refractivity contribution is -0.104. The molecule has 1 nitrogen and oxygen atoms in total. The second kappa shape index (κ2) is 6.75. The van der Waals surface area contributed by atoms with E-state index in [0.29, 0.717) is 0 Å². The van der Waals surface area contributed by atoms with Gasteiger partial charge in [0.1, 0.15) is 6.29 Å². The van der Waals surface area contributed by atoms with Gasteiger partial charge in [-0.1, -0.05) is 30.9 Å². The van der Waals surface area contributed by atoms with Crippen molar-refractivity contribution in [1.82, 2.24) is 0 Å². The van der Waals surface area contributed by atoms with Gasteiger partial charge in [0.2, 0.25) is 0 Å². The third-order valence-corrected chi connectivity index (χ3v) is 1.12. The highest BCUT2D eigenvalue weighted by molar-refractivity contribution is 5.66. The number of rotatable bonds is 5. The molecule has 0 aromatic carbocycles. The van der Waals surface area contributed by atoms with E-state index in [1.165, 1.54) is 6.08 Å². The molecule has 0 rings (SSSR count). The second-order valence-corrected chi connectivity index (χ2v) is 1.93. The molecule has 1 heteroatoms. The topological polar surface area (TPSA) is 17.1 Å². The van der Waals surface area contributed by atoms with Crippen LogP contribution in [0.15, 0.2) is 49.1 Å². The molecule has 0 aliphatic rings. The lowest BCUT2D eigenvalue weighted by Crippen LogP contribution is -1.70. The molecule has 0 bridgehead atoms. The van der Waals surface area contributed by atoms with E-state index in [0.717, 1.165) is 18.3 Å². The van der Waals surface area contributed by atoms with Crippen LogP contribution >= 0.6 is 0 Å². The number of carbonyl (C=O) groups excluding carboxylic acids is 1. The quantitative estimate of drug-likeness (QED) is 0.253. The fourth-order valence-corrected chi connectivity index (χ4v) is 0.589. The SMILES string of the molecule is C=CCC=C(C=C)C=CC=O. The van der Waals surface area contributed by atoms with Gasteiger partial charge >= 0.3 is 0 Å². The van der Waals surface area contributed by atoms with Gasteiger partial charge in [0.15, 0.2) is 0 Å². The van der Waals surface area contributed by atoms with Crippen LogP contribution in [0.2, 0.25) is 0 Å². The van der Waals surface area contributed by atoms with E-state index in [1.54, 1.807) is 18.2 Å². The van der Waals surface area contributed by atoms with Crippen LogP contribution in [0.1, 0.15) is 6.42 Å². The standard InChI is InChI=1S/C10H12O/c1-3-5-7-10(4-2)8-6-9-11/h3-4,6-9H,1-2,5H2. The fourth-order valence-electron chi connectivity index (χ4n) is 0.589. The van der Waals surface area contributed by atoms with Gasteiger partial charge in [-0.3, -0.25) is 4.79 Å². The Balaban J connectivity index is 4.13. The summed E-state index contributed by atoms with van der Waals surface area (Å²) in [6.45, 7) is 7.17. The van der Waals surface area contributed by atoms with Crippen LogP contribution in [0, 0.1) is 0 Å². The van der Waals surface area contributed by atoms with E-state index in [2.05, 4.69) is 13.2 Å². The summed E-state index contributed by atoms with van der Waals surface area (Å²) < 4.78 is 0. The van der Waals surface area contributed by atoms with Crippen molar-refractivity contribution < 1.29 is 4.79 Å². The molecule has 0 spiro atoms. The van der Waals surface area contributed by atoms with E-state index in [4.69, 9.17) is 0 Å². The maximum atomic E-state index is 9.93. The minimum atomic E-state index is 0.741. The summed E-state index contributed by atoms with van der Waals surface area (Å²) in [5.74, 6) is 0. The highest BCUT2D eigenvalue weighted by Crippen LogP contribution is 1.99. The van der Waals surface area contributed by atoms with Crippen LogP contribution < -0.4 is 0 Å². The minimum absolute atomic E-state index is 0.741. The zero-order valence-electron chi connectivity index (χ0n) is 6.49. The Morgan fingerprint density at radius 3 is 2.55 bits per heavy atom. The molecule has 0 unspecified atom stereocenters. The molecule has 0 radical (unpaired) electrons. The smallest absolute Gasteiger partial charge is 0.142 e. The third kappa shape index (κ3) is 5.09. The molecule has 0 fully saturated rings. The van der Waals surface area contributed by atoms with Crippen molar-refractivity contribution in [3.8, 4) is 0 Å². The largest absolute Gasteiger partial charge is 0.299 e. The van der Waals surface area contributed by atoms with Crippen LogP contribution in [0.4, 0.5) is 0 Å². The van der Waals surface area contributed by atoms with Crippen molar-refractivity contribution >= 4 is 6.29 Å². The van der Waals surface area contributed by atoms with Gasteiger partial charge in [-0.05, 0) is 18.1 Å². The molecule has 0 amide bonds. The number of allylic oxidation sites excluding steroid dienone is 6. The molecule has 0 aliphatic carbocycles. The maximum absolute atomic E-state index is 9.93. The number of aldehydes is 1. The van der Waals surface area contributed by atoms with Crippen LogP contribution in [-0.2, 0) is 4.79 Å². The molecule has 0 aliphatic heterocycles. The van der Waals surface area contributed by atoms with E-state index < -0.39 is 0 Å². The van der Waals surface area contributed by atoms with Crippen molar-refractivity contribution in [2.45, 2.75) is 6.42 Å². The Labute approximate surface area is 67.4 Å². The highest BCUT2D eigenvalue weighted by atomic mass is 16.1. The van der Waals surface area contributed by atoms with E-state index in [9.17, 15) is 4.79 Å². The molecule has 0 aromatic heterocycles. The second-order valence-electron chi connectivity index (χ2n) is 1.93. The molecule has 11 heavy (non-hydrogen) atoms. The predicted molar refractivity (Wildman–Crippen MR) is 48.3 cm³/mol. The molecule has 0 saturated carbocycles. The van der Waals surface area contributed by atoms with Crippen LogP contribution in [0.25, 0.3) is 0 Å². The van der Waals surface area contributed by atoms with Gasteiger partial charge in [0, 0.05) is 0 Å². The summed E-state index contributed by atoms with van der Waals surface area (Å²) in [7, 11) is 0. The van der Waals surface area contributed by atoms with Crippen LogP contribution in [-0.4, -0.2) is 6.29 Å². The summed E-state index contributed by atoms with van der Waals surface area (Å²) in [4.78, 5) is 9.93. The Hall–Kier alpha value is -1.37. The molecule has 58 valence electrons. The number of hydrogen-bond donors (Lipinski definition) is 0. The summed E-state index contributed by atoms with van der Waals surface area (Å²) in [6.07, 6.45) is 10.1. The summed E-state index contributed by atoms with van der Waals surface area (Å²) in [5.41, 5.74) is 0.942. The number of carbonyl (C=O) groups is 1. The average Bonchev–Trinajstić information content (AvgIpc) is 2.05. The first-order valence-electron chi connectivity index (χ1n) is 3.40. The van der Waals surface area contributed by atoms with Gasteiger partial charge in [0.05, 0.1) is 0 Å². The summed E-state index contributed by atoms with van der Waals surface area (Å²) in [6, 6.07) is 0. The van der Waals surface area contributed by atoms with Crippen LogP contribution in [0.3, 0.4) is 0 Å². The lowest BCUT2D eigenvalue weighted by Gasteiger charge is -1.88. The van der Waals surface area contributed by atoms with E-state index in [1.807, 2.05) is 6.08 Å². The molecule has 0 saturated heterocycles. The average molecular weight is 148 g/mol. The maximum Gasteiger partial charge on any atom is 0.142 e. The Bertz CT molecular complexity index is 197. The first-order valence-corrected chi connectivity index (χ1v) is 3.40. The third-order valence-electron chi connectivity index (χ3n) is 1.12. The predicted octanol–water partition coefficient (Wildman–Crippen LogP) is 2.43. The van der Waals surface area contributed by atoms with Gasteiger partial charge in [-0.25, -0.2) is 0 Å². The molecular weight excluding hydrogens is 136 g/mol. The Kier molecular flexibility index (Phi) is 5.91. The van der Waals surface area contributed by atoms with Crippen molar-refractivity contribution in [2.24, 2.45) is 0 Å². The lowest BCUT2D eigenvalue weighted by atomic mass is 10.2. The molecule has 0 N–H and O–H groups in total. The fraction of sp³-hybridized carbons (Fsp3) is 0.100. The van der Waals surface area contributed by atoms with Gasteiger partial charge < -0.3 is 0 Å². The van der Waals surface area contributed by atoms with Crippen molar-refractivity contribution in [3.63, 3.8) is 0 Å². The molecule has 0 atom stereocenters. The summed E-state index contributed by atoms with van der Waals surface area (Å²) >= 11 is 0.